The van der Waals surface area contributed by atoms with Crippen LogP contribution in [0.3, 0.4) is 0 Å². The number of benzene rings is 2. The molecule has 1 amide bonds. The summed E-state index contributed by atoms with van der Waals surface area (Å²) in [6.45, 7) is 7.26. The number of anilines is 1. The second-order valence-electron chi connectivity index (χ2n) is 7.81. The Morgan fingerprint density at radius 3 is 2.42 bits per heavy atom. The van der Waals surface area contributed by atoms with Crippen molar-refractivity contribution in [3.63, 3.8) is 0 Å². The molecule has 0 fully saturated rings. The number of carbonyl (C=O) groups is 1. The monoisotopic (exact) mass is 421 g/mol. The number of rotatable bonds is 9. The predicted molar refractivity (Wildman–Crippen MR) is 124 cm³/mol. The lowest BCUT2D eigenvalue weighted by atomic mass is 10.1. The van der Waals surface area contributed by atoms with E-state index in [1.54, 1.807) is 13.2 Å². The number of amides is 1. The summed E-state index contributed by atoms with van der Waals surface area (Å²) in [4.78, 5) is 17.4. The molecule has 2 aromatic carbocycles. The van der Waals surface area contributed by atoms with Gasteiger partial charge in [0.15, 0.2) is 0 Å². The van der Waals surface area contributed by atoms with Crippen LogP contribution in [0.25, 0.3) is 11.3 Å². The van der Waals surface area contributed by atoms with E-state index in [0.29, 0.717) is 30.3 Å². The molecule has 0 saturated heterocycles. The molecule has 0 unspecified atom stereocenters. The van der Waals surface area contributed by atoms with Gasteiger partial charge in [-0.3, -0.25) is 4.79 Å². The van der Waals surface area contributed by atoms with E-state index in [0.717, 1.165) is 23.2 Å². The van der Waals surface area contributed by atoms with Gasteiger partial charge in [-0.05, 0) is 32.4 Å². The van der Waals surface area contributed by atoms with Crippen molar-refractivity contribution in [1.29, 1.82) is 0 Å². The molecule has 0 aliphatic carbocycles. The van der Waals surface area contributed by atoms with Crippen molar-refractivity contribution in [1.82, 2.24) is 10.1 Å². The van der Waals surface area contributed by atoms with Crippen LogP contribution in [0, 0.1) is 0 Å². The van der Waals surface area contributed by atoms with E-state index < -0.39 is 0 Å². The molecule has 3 aromatic rings. The summed E-state index contributed by atoms with van der Waals surface area (Å²) in [6.07, 6.45) is 0.836. The smallest absolute Gasteiger partial charge is 0.257 e. The molecule has 0 aliphatic rings. The molecule has 3 rings (SSSR count). The Hall–Kier alpha value is -3.28. The second-order valence-corrected chi connectivity index (χ2v) is 7.81. The van der Waals surface area contributed by atoms with Gasteiger partial charge in [-0.1, -0.05) is 54.5 Å². The standard InChI is InChI=1S/C25H31N3O3/c1-6-16-28(24(29)20-14-10-11-15-22(20)30-5)17-21-23(19-12-8-7-9-13-19)26-31-25(21)27(4)18(2)3/h7-15,18H,6,16-17H2,1-5H3. The summed E-state index contributed by atoms with van der Waals surface area (Å²) in [6, 6.07) is 17.5. The van der Waals surface area contributed by atoms with Crippen molar-refractivity contribution in [2.45, 2.75) is 39.8 Å². The predicted octanol–water partition coefficient (Wildman–Crippen LogP) is 5.25. The normalized spacial score (nSPS) is 10.9. The molecule has 0 spiro atoms. The third-order valence-electron chi connectivity index (χ3n) is 5.38. The summed E-state index contributed by atoms with van der Waals surface area (Å²) in [7, 11) is 3.56. The maximum atomic E-state index is 13.5. The van der Waals surface area contributed by atoms with Crippen LogP contribution in [0.1, 0.15) is 43.1 Å². The topological polar surface area (TPSA) is 58.8 Å². The molecule has 1 heterocycles. The highest BCUT2D eigenvalue weighted by atomic mass is 16.5. The Morgan fingerprint density at radius 2 is 1.77 bits per heavy atom. The van der Waals surface area contributed by atoms with Crippen molar-refractivity contribution in [3.05, 3.63) is 65.7 Å². The second kappa shape index (κ2) is 10.2. The Bertz CT molecular complexity index is 998. The van der Waals surface area contributed by atoms with Crippen LogP contribution in [0.2, 0.25) is 0 Å². The minimum absolute atomic E-state index is 0.0716. The molecule has 31 heavy (non-hydrogen) atoms. The maximum Gasteiger partial charge on any atom is 0.257 e. The summed E-state index contributed by atoms with van der Waals surface area (Å²) in [5.74, 6) is 1.18. The zero-order valence-corrected chi connectivity index (χ0v) is 19.0. The highest BCUT2D eigenvalue weighted by Gasteiger charge is 2.27. The molecule has 0 aliphatic heterocycles. The number of hydrogen-bond acceptors (Lipinski definition) is 5. The lowest BCUT2D eigenvalue weighted by molar-refractivity contribution is 0.0740. The first-order chi connectivity index (χ1) is 15.0. The van der Waals surface area contributed by atoms with E-state index in [1.165, 1.54) is 0 Å². The molecule has 1 aromatic heterocycles. The van der Waals surface area contributed by atoms with Crippen molar-refractivity contribution in [2.75, 3.05) is 25.6 Å². The number of nitrogens with zero attached hydrogens (tertiary/aromatic N) is 3. The van der Waals surface area contributed by atoms with E-state index in [1.807, 2.05) is 65.4 Å². The third-order valence-corrected chi connectivity index (χ3v) is 5.38. The number of hydrogen-bond donors (Lipinski definition) is 0. The van der Waals surface area contributed by atoms with E-state index in [4.69, 9.17) is 9.26 Å². The van der Waals surface area contributed by atoms with Crippen molar-refractivity contribution >= 4 is 11.8 Å². The summed E-state index contributed by atoms with van der Waals surface area (Å²) in [5.41, 5.74) is 3.18. The van der Waals surface area contributed by atoms with E-state index in [9.17, 15) is 4.79 Å². The Balaban J connectivity index is 2.04. The van der Waals surface area contributed by atoms with Crippen LogP contribution in [-0.2, 0) is 6.54 Å². The molecular weight excluding hydrogens is 390 g/mol. The highest BCUT2D eigenvalue weighted by molar-refractivity contribution is 5.97. The lowest BCUT2D eigenvalue weighted by Gasteiger charge is -2.26. The first-order valence-electron chi connectivity index (χ1n) is 10.7. The average Bonchev–Trinajstić information content (AvgIpc) is 3.21. The van der Waals surface area contributed by atoms with Gasteiger partial charge in [0.05, 0.1) is 24.8 Å². The zero-order chi connectivity index (χ0) is 22.4. The van der Waals surface area contributed by atoms with Crippen molar-refractivity contribution in [2.24, 2.45) is 0 Å². The van der Waals surface area contributed by atoms with Crippen LogP contribution in [-0.4, -0.2) is 42.7 Å². The summed E-state index contributed by atoms with van der Waals surface area (Å²) >= 11 is 0. The van der Waals surface area contributed by atoms with Gasteiger partial charge < -0.3 is 19.1 Å². The number of methoxy groups -OCH3 is 1. The fourth-order valence-corrected chi connectivity index (χ4v) is 3.48. The first kappa shape index (κ1) is 22.4. The van der Waals surface area contributed by atoms with Crippen LogP contribution >= 0.6 is 0 Å². The minimum atomic E-state index is -0.0716. The van der Waals surface area contributed by atoms with E-state index in [2.05, 4.69) is 25.9 Å². The Kier molecular flexibility index (Phi) is 7.34. The van der Waals surface area contributed by atoms with Crippen LogP contribution in [0.15, 0.2) is 59.1 Å². The molecule has 0 atom stereocenters. The van der Waals surface area contributed by atoms with Gasteiger partial charge >= 0.3 is 0 Å². The van der Waals surface area contributed by atoms with Crippen LogP contribution in [0.4, 0.5) is 5.88 Å². The summed E-state index contributed by atoms with van der Waals surface area (Å²) < 4.78 is 11.2. The minimum Gasteiger partial charge on any atom is -0.496 e. The first-order valence-corrected chi connectivity index (χ1v) is 10.7. The van der Waals surface area contributed by atoms with Crippen molar-refractivity contribution < 1.29 is 14.1 Å². The maximum absolute atomic E-state index is 13.5. The number of aromatic nitrogens is 1. The SMILES string of the molecule is CCCN(Cc1c(-c2ccccc2)noc1N(C)C(C)C)C(=O)c1ccccc1OC. The number of para-hydroxylation sites is 1. The molecule has 0 radical (unpaired) electrons. The molecule has 164 valence electrons. The molecular formula is C25H31N3O3. The lowest BCUT2D eigenvalue weighted by Crippen LogP contribution is -2.33. The third kappa shape index (κ3) is 4.90. The van der Waals surface area contributed by atoms with Gasteiger partial charge in [-0.15, -0.1) is 0 Å². The van der Waals surface area contributed by atoms with Gasteiger partial charge in [0, 0.05) is 25.2 Å². The molecule has 0 N–H and O–H groups in total. The molecule has 0 saturated carbocycles. The fraction of sp³-hybridized carbons (Fsp3) is 0.360. The molecule has 0 bridgehead atoms. The largest absolute Gasteiger partial charge is 0.496 e. The Labute approximate surface area is 184 Å². The zero-order valence-electron chi connectivity index (χ0n) is 19.0. The quantitative estimate of drug-likeness (QED) is 0.472. The van der Waals surface area contributed by atoms with E-state index in [-0.39, 0.29) is 11.9 Å². The molecule has 6 heteroatoms. The number of carbonyl (C=O) groups excluding carboxylic acids is 1. The van der Waals surface area contributed by atoms with Gasteiger partial charge in [0.2, 0.25) is 5.88 Å². The van der Waals surface area contributed by atoms with Crippen LogP contribution in [0.5, 0.6) is 5.75 Å². The molecule has 6 nitrogen and oxygen atoms in total. The highest BCUT2D eigenvalue weighted by Crippen LogP contribution is 2.33. The van der Waals surface area contributed by atoms with Crippen LogP contribution < -0.4 is 9.64 Å². The van der Waals surface area contributed by atoms with Gasteiger partial charge in [0.1, 0.15) is 11.4 Å². The average molecular weight is 422 g/mol. The number of ether oxygens (including phenoxy) is 1. The van der Waals surface area contributed by atoms with E-state index >= 15 is 0 Å². The van der Waals surface area contributed by atoms with Gasteiger partial charge in [-0.25, -0.2) is 0 Å². The van der Waals surface area contributed by atoms with Gasteiger partial charge in [0.25, 0.3) is 5.91 Å². The van der Waals surface area contributed by atoms with Gasteiger partial charge in [-0.2, -0.15) is 0 Å². The summed E-state index contributed by atoms with van der Waals surface area (Å²) in [5, 5.41) is 4.39. The fourth-order valence-electron chi connectivity index (χ4n) is 3.48. The van der Waals surface area contributed by atoms with Crippen molar-refractivity contribution in [3.8, 4) is 17.0 Å². The Morgan fingerprint density at radius 1 is 1.10 bits per heavy atom.